The van der Waals surface area contributed by atoms with Crippen LogP contribution in [0.4, 0.5) is 5.69 Å². The average molecular weight is 342 g/mol. The molecule has 0 aliphatic carbocycles. The first kappa shape index (κ1) is 18.4. The lowest BCUT2D eigenvalue weighted by Gasteiger charge is -2.39. The molecule has 0 bridgehead atoms. The maximum Gasteiger partial charge on any atom is 0.261 e. The van der Waals surface area contributed by atoms with Gasteiger partial charge >= 0.3 is 0 Å². The van der Waals surface area contributed by atoms with Gasteiger partial charge in [-0.25, -0.2) is 0 Å². The molecule has 2 amide bonds. The summed E-state index contributed by atoms with van der Waals surface area (Å²) in [6, 6.07) is 3.68. The summed E-state index contributed by atoms with van der Waals surface area (Å²) in [7, 11) is 0. The lowest BCUT2D eigenvalue weighted by molar-refractivity contribution is -0.126. The van der Waals surface area contributed by atoms with Gasteiger partial charge in [0.15, 0.2) is 5.69 Å². The van der Waals surface area contributed by atoms with Gasteiger partial charge in [-0.3, -0.25) is 14.9 Å². The molecule has 132 valence electrons. The summed E-state index contributed by atoms with van der Waals surface area (Å²) in [5.74, 6) is -1.15. The van der Waals surface area contributed by atoms with E-state index in [0.717, 1.165) is 32.1 Å². The van der Waals surface area contributed by atoms with Gasteiger partial charge in [0.25, 0.3) is 5.91 Å². The number of nitrogens with zero attached hydrogens (tertiary/aromatic N) is 4. The summed E-state index contributed by atoms with van der Waals surface area (Å²) in [6.45, 7) is 7.15. The number of imide groups is 1. The number of rotatable bonds is 3. The van der Waals surface area contributed by atoms with Gasteiger partial charge < -0.3 is 10.6 Å². The standard InChI is InChI=1S/C17H22N6O2/c1-11(24)20-16(25)12(8-18)13-7-15(14(9-19)22-21-13)23-6-4-5-17(2,3)10-23/h7-8H,4-6,10,18H2,1-3H3,(H,20,24,25)/b12-8-. The molecule has 1 aliphatic rings. The third-order valence-corrected chi connectivity index (χ3v) is 4.10. The number of carbonyl (C=O) groups excluding carboxylic acids is 2. The second-order valence-electron chi connectivity index (χ2n) is 6.86. The molecule has 0 spiro atoms. The minimum absolute atomic E-state index is 0.0321. The Balaban J connectivity index is 2.41. The van der Waals surface area contributed by atoms with Crippen LogP contribution < -0.4 is 16.0 Å². The topological polar surface area (TPSA) is 125 Å². The van der Waals surface area contributed by atoms with Crippen LogP contribution in [-0.2, 0) is 9.59 Å². The molecule has 0 atom stereocenters. The molecule has 2 heterocycles. The van der Waals surface area contributed by atoms with Crippen LogP contribution >= 0.6 is 0 Å². The normalized spacial score (nSPS) is 16.9. The predicted octanol–water partition coefficient (Wildman–Crippen LogP) is 0.937. The van der Waals surface area contributed by atoms with Crippen LogP contribution in [0.15, 0.2) is 12.3 Å². The number of carbonyl (C=O) groups is 2. The Bertz CT molecular complexity index is 763. The van der Waals surface area contributed by atoms with Crippen molar-refractivity contribution in [1.82, 2.24) is 15.5 Å². The highest BCUT2D eigenvalue weighted by Gasteiger charge is 2.29. The fourth-order valence-electron chi connectivity index (χ4n) is 2.97. The molecule has 1 fully saturated rings. The molecule has 0 aromatic carbocycles. The maximum atomic E-state index is 12.1. The number of aromatic nitrogens is 2. The van der Waals surface area contributed by atoms with Crippen LogP contribution in [0.3, 0.4) is 0 Å². The van der Waals surface area contributed by atoms with E-state index in [1.807, 2.05) is 6.07 Å². The first-order valence-electron chi connectivity index (χ1n) is 8.04. The summed E-state index contributed by atoms with van der Waals surface area (Å²) >= 11 is 0. The Kier molecular flexibility index (Phi) is 5.37. The Labute approximate surface area is 146 Å². The summed E-state index contributed by atoms with van der Waals surface area (Å²) in [5, 5.41) is 19.4. The molecule has 3 N–H and O–H groups in total. The monoisotopic (exact) mass is 342 g/mol. The first-order chi connectivity index (χ1) is 11.8. The highest BCUT2D eigenvalue weighted by atomic mass is 16.2. The second kappa shape index (κ2) is 7.30. The lowest BCUT2D eigenvalue weighted by atomic mass is 9.84. The minimum Gasteiger partial charge on any atom is -0.404 e. The van der Waals surface area contributed by atoms with Gasteiger partial charge in [0.1, 0.15) is 11.8 Å². The van der Waals surface area contributed by atoms with Crippen LogP contribution in [0.25, 0.3) is 5.57 Å². The SMILES string of the molecule is CC(=O)NC(=O)/C(=C\N)c1cc(N2CCCC(C)(C)C2)c(C#N)nn1. The van der Waals surface area contributed by atoms with Gasteiger partial charge in [0.05, 0.1) is 11.3 Å². The van der Waals surface area contributed by atoms with Crippen molar-refractivity contribution in [3.8, 4) is 6.07 Å². The van der Waals surface area contributed by atoms with E-state index in [0.29, 0.717) is 5.69 Å². The minimum atomic E-state index is -0.654. The van der Waals surface area contributed by atoms with E-state index in [1.54, 1.807) is 6.07 Å². The molecular formula is C17H22N6O2. The molecule has 1 saturated heterocycles. The largest absolute Gasteiger partial charge is 0.404 e. The molecule has 0 radical (unpaired) electrons. The molecule has 0 saturated carbocycles. The Morgan fingerprint density at radius 2 is 2.16 bits per heavy atom. The molecule has 1 aromatic rings. The van der Waals surface area contributed by atoms with Crippen molar-refractivity contribution in [2.24, 2.45) is 11.1 Å². The number of hydrogen-bond donors (Lipinski definition) is 2. The predicted molar refractivity (Wildman–Crippen MR) is 93.0 cm³/mol. The van der Waals surface area contributed by atoms with Gasteiger partial charge in [0, 0.05) is 26.2 Å². The number of nitriles is 1. The van der Waals surface area contributed by atoms with E-state index in [1.165, 1.54) is 6.92 Å². The Morgan fingerprint density at radius 1 is 1.44 bits per heavy atom. The number of nitrogens with two attached hydrogens (primary N) is 1. The van der Waals surface area contributed by atoms with E-state index in [9.17, 15) is 14.9 Å². The molecule has 8 heteroatoms. The van der Waals surface area contributed by atoms with E-state index in [2.05, 4.69) is 34.3 Å². The smallest absolute Gasteiger partial charge is 0.261 e. The summed E-state index contributed by atoms with van der Waals surface area (Å²) in [6.07, 6.45) is 3.18. The van der Waals surface area contributed by atoms with Crippen molar-refractivity contribution in [2.45, 2.75) is 33.6 Å². The maximum absolute atomic E-state index is 12.1. The molecule has 8 nitrogen and oxygen atoms in total. The first-order valence-corrected chi connectivity index (χ1v) is 8.04. The number of nitrogens with one attached hydrogen (secondary N) is 1. The van der Waals surface area contributed by atoms with Crippen molar-refractivity contribution in [1.29, 1.82) is 5.26 Å². The zero-order chi connectivity index (χ0) is 18.6. The van der Waals surface area contributed by atoms with Crippen LogP contribution in [0, 0.1) is 16.7 Å². The Morgan fingerprint density at radius 3 is 2.72 bits per heavy atom. The third-order valence-electron chi connectivity index (χ3n) is 4.10. The summed E-state index contributed by atoms with van der Waals surface area (Å²) in [5.41, 5.74) is 6.73. The number of piperidine rings is 1. The van der Waals surface area contributed by atoms with E-state index < -0.39 is 11.8 Å². The van der Waals surface area contributed by atoms with Crippen molar-refractivity contribution >= 4 is 23.1 Å². The fraction of sp³-hybridized carbons (Fsp3) is 0.471. The van der Waals surface area contributed by atoms with Crippen molar-refractivity contribution in [2.75, 3.05) is 18.0 Å². The lowest BCUT2D eigenvalue weighted by Crippen LogP contribution is -2.40. The van der Waals surface area contributed by atoms with Crippen molar-refractivity contribution in [3.05, 3.63) is 23.7 Å². The van der Waals surface area contributed by atoms with Crippen LogP contribution in [0.1, 0.15) is 45.0 Å². The van der Waals surface area contributed by atoms with Gasteiger partial charge in [-0.2, -0.15) is 5.26 Å². The summed E-state index contributed by atoms with van der Waals surface area (Å²) in [4.78, 5) is 25.3. The Hall–Kier alpha value is -2.95. The number of amides is 2. The number of anilines is 1. The van der Waals surface area contributed by atoms with Gasteiger partial charge in [-0.15, -0.1) is 10.2 Å². The van der Waals surface area contributed by atoms with Gasteiger partial charge in [-0.05, 0) is 24.3 Å². The molecule has 2 rings (SSSR count). The zero-order valence-corrected chi connectivity index (χ0v) is 14.7. The second-order valence-corrected chi connectivity index (χ2v) is 6.86. The fourth-order valence-corrected chi connectivity index (χ4v) is 2.97. The molecule has 1 aliphatic heterocycles. The molecule has 1 aromatic heterocycles. The van der Waals surface area contributed by atoms with Crippen LogP contribution in [0.5, 0.6) is 0 Å². The highest BCUT2D eigenvalue weighted by Crippen LogP contribution is 2.33. The van der Waals surface area contributed by atoms with Crippen LogP contribution in [-0.4, -0.2) is 35.1 Å². The summed E-state index contributed by atoms with van der Waals surface area (Å²) < 4.78 is 0. The zero-order valence-electron chi connectivity index (χ0n) is 14.7. The van der Waals surface area contributed by atoms with E-state index in [4.69, 9.17) is 5.73 Å². The molecule has 25 heavy (non-hydrogen) atoms. The van der Waals surface area contributed by atoms with Crippen molar-refractivity contribution in [3.63, 3.8) is 0 Å². The van der Waals surface area contributed by atoms with Crippen molar-refractivity contribution < 1.29 is 9.59 Å². The number of hydrogen-bond acceptors (Lipinski definition) is 7. The third kappa shape index (κ3) is 4.32. The highest BCUT2D eigenvalue weighted by molar-refractivity contribution is 6.23. The molecular weight excluding hydrogens is 320 g/mol. The average Bonchev–Trinajstić information content (AvgIpc) is 2.53. The quantitative estimate of drug-likeness (QED) is 0.783. The van der Waals surface area contributed by atoms with Crippen LogP contribution in [0.2, 0.25) is 0 Å². The van der Waals surface area contributed by atoms with Gasteiger partial charge in [0.2, 0.25) is 5.91 Å². The van der Waals surface area contributed by atoms with E-state index in [-0.39, 0.29) is 22.4 Å². The molecule has 0 unspecified atom stereocenters. The van der Waals surface area contributed by atoms with Gasteiger partial charge in [-0.1, -0.05) is 13.8 Å². The van der Waals surface area contributed by atoms with E-state index >= 15 is 0 Å².